The zero-order valence-electron chi connectivity index (χ0n) is 17.0. The lowest BCUT2D eigenvalue weighted by Crippen LogP contribution is -2.10. The highest BCUT2D eigenvalue weighted by Crippen LogP contribution is 2.27. The van der Waals surface area contributed by atoms with E-state index in [9.17, 15) is 4.79 Å². The van der Waals surface area contributed by atoms with Gasteiger partial charge in [0.05, 0.1) is 9.90 Å². The number of rotatable bonds is 7. The Balaban J connectivity index is 1.34. The van der Waals surface area contributed by atoms with Gasteiger partial charge in [-0.15, -0.1) is 11.3 Å². The number of hydrogen-bond acceptors (Lipinski definition) is 4. The molecule has 6 heteroatoms. The Morgan fingerprint density at radius 3 is 2.52 bits per heavy atom. The van der Waals surface area contributed by atoms with Gasteiger partial charge in [0, 0.05) is 23.6 Å². The van der Waals surface area contributed by atoms with Gasteiger partial charge in [0.15, 0.2) is 0 Å². The van der Waals surface area contributed by atoms with E-state index in [1.54, 1.807) is 12.4 Å². The molecule has 2 heterocycles. The van der Waals surface area contributed by atoms with E-state index in [4.69, 9.17) is 16.3 Å². The molecule has 0 aliphatic heterocycles. The minimum absolute atomic E-state index is 0.133. The van der Waals surface area contributed by atoms with Crippen molar-refractivity contribution in [3.63, 3.8) is 0 Å². The summed E-state index contributed by atoms with van der Waals surface area (Å²) in [4.78, 5) is 17.3. The van der Waals surface area contributed by atoms with Crippen LogP contribution in [0.25, 0.3) is 0 Å². The standard InChI is InChI=1S/C25H21ClN2O2S/c1-17-2-7-22(26)23(12-17)30-15-20-14-24(31-16-20)25(29)28-21-5-3-18(4-6-21)13-19-8-10-27-11-9-19/h2-12,14,16H,13,15H2,1H3,(H,28,29). The van der Waals surface area contributed by atoms with E-state index >= 15 is 0 Å². The largest absolute Gasteiger partial charge is 0.487 e. The van der Waals surface area contributed by atoms with Crippen molar-refractivity contribution in [1.82, 2.24) is 4.98 Å². The molecule has 4 aromatic rings. The highest BCUT2D eigenvalue weighted by molar-refractivity contribution is 7.12. The van der Waals surface area contributed by atoms with Crippen molar-refractivity contribution in [2.45, 2.75) is 20.0 Å². The Kier molecular flexibility index (Phi) is 6.65. The summed E-state index contributed by atoms with van der Waals surface area (Å²) in [6.07, 6.45) is 4.41. The summed E-state index contributed by atoms with van der Waals surface area (Å²) >= 11 is 7.57. The Hall–Kier alpha value is -3.15. The minimum Gasteiger partial charge on any atom is -0.487 e. The maximum atomic E-state index is 12.6. The fourth-order valence-electron chi connectivity index (χ4n) is 3.09. The molecule has 0 atom stereocenters. The summed E-state index contributed by atoms with van der Waals surface area (Å²) in [5.74, 6) is 0.512. The van der Waals surface area contributed by atoms with E-state index in [1.165, 1.54) is 22.5 Å². The summed E-state index contributed by atoms with van der Waals surface area (Å²) in [5.41, 5.74) is 5.15. The van der Waals surface area contributed by atoms with Crippen molar-refractivity contribution in [3.05, 3.63) is 111 Å². The topological polar surface area (TPSA) is 51.2 Å². The molecular formula is C25H21ClN2O2S. The number of thiophene rings is 1. The second kappa shape index (κ2) is 9.77. The average Bonchev–Trinajstić information content (AvgIpc) is 3.26. The lowest BCUT2D eigenvalue weighted by molar-refractivity contribution is 0.103. The van der Waals surface area contributed by atoms with Crippen LogP contribution in [0.15, 0.2) is 78.4 Å². The molecule has 0 aliphatic carbocycles. The van der Waals surface area contributed by atoms with E-state index in [1.807, 2.05) is 73.0 Å². The van der Waals surface area contributed by atoms with Crippen LogP contribution in [0.5, 0.6) is 5.75 Å². The van der Waals surface area contributed by atoms with Gasteiger partial charge in [-0.3, -0.25) is 9.78 Å². The molecule has 31 heavy (non-hydrogen) atoms. The molecule has 0 saturated heterocycles. The molecule has 0 spiro atoms. The third-order valence-electron chi connectivity index (χ3n) is 4.73. The fourth-order valence-corrected chi connectivity index (χ4v) is 4.05. The van der Waals surface area contributed by atoms with Crippen LogP contribution in [0.4, 0.5) is 5.69 Å². The van der Waals surface area contributed by atoms with E-state index in [-0.39, 0.29) is 5.91 Å². The first kappa shape index (κ1) is 21.1. The van der Waals surface area contributed by atoms with E-state index < -0.39 is 0 Å². The molecule has 1 N–H and O–H groups in total. The number of pyridine rings is 1. The maximum Gasteiger partial charge on any atom is 0.265 e. The van der Waals surface area contributed by atoms with Crippen molar-refractivity contribution >= 4 is 34.5 Å². The smallest absolute Gasteiger partial charge is 0.265 e. The van der Waals surface area contributed by atoms with E-state index in [2.05, 4.69) is 10.3 Å². The van der Waals surface area contributed by atoms with Crippen LogP contribution >= 0.6 is 22.9 Å². The first-order valence-electron chi connectivity index (χ1n) is 9.82. The zero-order valence-corrected chi connectivity index (χ0v) is 18.5. The summed E-state index contributed by atoms with van der Waals surface area (Å²) in [7, 11) is 0. The molecule has 2 aromatic carbocycles. The van der Waals surface area contributed by atoms with Gasteiger partial charge < -0.3 is 10.1 Å². The van der Waals surface area contributed by atoms with Gasteiger partial charge in [-0.2, -0.15) is 0 Å². The molecule has 1 amide bonds. The van der Waals surface area contributed by atoms with Gasteiger partial charge >= 0.3 is 0 Å². The molecule has 156 valence electrons. The fraction of sp³-hybridized carbons (Fsp3) is 0.120. The Morgan fingerprint density at radius 2 is 1.74 bits per heavy atom. The molecule has 0 aliphatic rings. The summed E-state index contributed by atoms with van der Waals surface area (Å²) in [6, 6.07) is 19.4. The van der Waals surface area contributed by atoms with Gasteiger partial charge in [0.2, 0.25) is 0 Å². The van der Waals surface area contributed by atoms with Crippen molar-refractivity contribution in [3.8, 4) is 5.75 Å². The number of nitrogens with one attached hydrogen (secondary N) is 1. The quantitative estimate of drug-likeness (QED) is 0.349. The SMILES string of the molecule is Cc1ccc(Cl)c(OCc2csc(C(=O)Nc3ccc(Cc4ccncc4)cc3)c2)c1. The lowest BCUT2D eigenvalue weighted by Gasteiger charge is -2.07. The molecule has 0 unspecified atom stereocenters. The number of halogens is 1. The van der Waals surface area contributed by atoms with E-state index in [0.29, 0.717) is 22.3 Å². The average molecular weight is 449 g/mol. The van der Waals surface area contributed by atoms with Gasteiger partial charge in [0.1, 0.15) is 12.4 Å². The summed E-state index contributed by atoms with van der Waals surface area (Å²) in [6.45, 7) is 2.35. The number of aromatic nitrogens is 1. The van der Waals surface area contributed by atoms with Crippen molar-refractivity contribution in [1.29, 1.82) is 0 Å². The molecule has 4 nitrogen and oxygen atoms in total. The maximum absolute atomic E-state index is 12.6. The molecule has 4 rings (SSSR count). The second-order valence-corrected chi connectivity index (χ2v) is 8.54. The summed E-state index contributed by atoms with van der Waals surface area (Å²) < 4.78 is 5.82. The Labute approximate surface area is 190 Å². The monoisotopic (exact) mass is 448 g/mol. The third kappa shape index (κ3) is 5.72. The predicted molar refractivity (Wildman–Crippen MR) is 126 cm³/mol. The normalized spacial score (nSPS) is 10.6. The first-order chi connectivity index (χ1) is 15.1. The number of benzene rings is 2. The van der Waals surface area contributed by atoms with Gasteiger partial charge in [-0.1, -0.05) is 29.8 Å². The molecule has 0 fully saturated rings. The van der Waals surface area contributed by atoms with Gasteiger partial charge in [0.25, 0.3) is 5.91 Å². The van der Waals surface area contributed by atoms with Crippen LogP contribution < -0.4 is 10.1 Å². The Bertz CT molecular complexity index is 1170. The first-order valence-corrected chi connectivity index (χ1v) is 11.1. The number of carbonyl (C=O) groups excluding carboxylic acids is 1. The summed E-state index contributed by atoms with van der Waals surface area (Å²) in [5, 5.41) is 5.45. The van der Waals surface area contributed by atoms with Crippen LogP contribution in [0.3, 0.4) is 0 Å². The minimum atomic E-state index is -0.133. The molecule has 2 aromatic heterocycles. The number of amides is 1. The van der Waals surface area contributed by atoms with Gasteiger partial charge in [-0.25, -0.2) is 0 Å². The van der Waals surface area contributed by atoms with Crippen molar-refractivity contribution in [2.75, 3.05) is 5.32 Å². The molecular weight excluding hydrogens is 428 g/mol. The number of aryl methyl sites for hydroxylation is 1. The number of hydrogen-bond donors (Lipinski definition) is 1. The van der Waals surface area contributed by atoms with Crippen LogP contribution in [0.1, 0.15) is 31.9 Å². The third-order valence-corrected chi connectivity index (χ3v) is 6.02. The molecule has 0 radical (unpaired) electrons. The number of ether oxygens (including phenoxy) is 1. The Morgan fingerprint density at radius 1 is 1.00 bits per heavy atom. The van der Waals surface area contributed by atoms with Crippen LogP contribution in [-0.2, 0) is 13.0 Å². The highest BCUT2D eigenvalue weighted by atomic mass is 35.5. The predicted octanol–water partition coefficient (Wildman–Crippen LogP) is 6.53. The van der Waals surface area contributed by atoms with Gasteiger partial charge in [-0.05, 0) is 77.9 Å². The zero-order chi connectivity index (χ0) is 21.6. The second-order valence-electron chi connectivity index (χ2n) is 7.23. The molecule has 0 saturated carbocycles. The number of anilines is 1. The molecule has 0 bridgehead atoms. The van der Waals surface area contributed by atoms with Crippen LogP contribution in [-0.4, -0.2) is 10.9 Å². The van der Waals surface area contributed by atoms with E-state index in [0.717, 1.165) is 23.2 Å². The highest BCUT2D eigenvalue weighted by Gasteiger charge is 2.11. The number of nitrogens with zero attached hydrogens (tertiary/aromatic N) is 1. The van der Waals surface area contributed by atoms with Crippen LogP contribution in [0.2, 0.25) is 5.02 Å². The van der Waals surface area contributed by atoms with Crippen molar-refractivity contribution < 1.29 is 9.53 Å². The number of carbonyl (C=O) groups is 1. The lowest BCUT2D eigenvalue weighted by atomic mass is 10.1. The van der Waals surface area contributed by atoms with Crippen LogP contribution in [0, 0.1) is 6.92 Å². The van der Waals surface area contributed by atoms with Crippen molar-refractivity contribution in [2.24, 2.45) is 0 Å².